The summed E-state index contributed by atoms with van der Waals surface area (Å²) in [7, 11) is 0. The van der Waals surface area contributed by atoms with Crippen molar-refractivity contribution in [3.63, 3.8) is 0 Å². The minimum absolute atomic E-state index is 0.159. The third-order valence-corrected chi connectivity index (χ3v) is 3.00. The molecule has 0 aliphatic carbocycles. The number of halogens is 3. The van der Waals surface area contributed by atoms with Gasteiger partial charge in [-0.25, -0.2) is 0 Å². The third-order valence-electron chi connectivity index (χ3n) is 3.00. The van der Waals surface area contributed by atoms with Crippen LogP contribution in [0.2, 0.25) is 0 Å². The molecule has 0 saturated carbocycles. The Hall–Kier alpha value is -1.97. The molecule has 1 nitrogen and oxygen atoms in total. The van der Waals surface area contributed by atoms with Gasteiger partial charge in [-0.3, -0.25) is 0 Å². The van der Waals surface area contributed by atoms with E-state index in [4.69, 9.17) is 4.74 Å². The molecule has 20 heavy (non-hydrogen) atoms. The molecule has 2 aromatic carbocycles. The Balaban J connectivity index is 2.13. The molecule has 0 fully saturated rings. The lowest BCUT2D eigenvalue weighted by Gasteiger charge is -2.18. The average molecular weight is 280 g/mol. The minimum Gasteiger partial charge on any atom is -0.486 e. The lowest BCUT2D eigenvalue weighted by molar-refractivity contribution is -0.137. The van der Waals surface area contributed by atoms with Crippen LogP contribution in [-0.2, 0) is 6.18 Å². The Labute approximate surface area is 116 Å². The van der Waals surface area contributed by atoms with Crippen LogP contribution in [0.25, 0.3) is 0 Å². The predicted molar refractivity (Wildman–Crippen MR) is 71.5 cm³/mol. The quantitative estimate of drug-likeness (QED) is 0.744. The fourth-order valence-corrected chi connectivity index (χ4v) is 1.94. The maximum atomic E-state index is 12.5. The van der Waals surface area contributed by atoms with Gasteiger partial charge in [-0.2, -0.15) is 13.2 Å². The zero-order valence-electron chi connectivity index (χ0n) is 11.0. The highest BCUT2D eigenvalue weighted by atomic mass is 19.4. The van der Waals surface area contributed by atoms with Crippen LogP contribution in [0.4, 0.5) is 13.2 Å². The Bertz CT molecular complexity index is 532. The first kappa shape index (κ1) is 14.4. The van der Waals surface area contributed by atoms with E-state index >= 15 is 0 Å². The smallest absolute Gasteiger partial charge is 0.416 e. The molecule has 4 heteroatoms. The summed E-state index contributed by atoms with van der Waals surface area (Å²) in [4.78, 5) is 0. The summed E-state index contributed by atoms with van der Waals surface area (Å²) >= 11 is 0. The Morgan fingerprint density at radius 3 is 2.05 bits per heavy atom. The van der Waals surface area contributed by atoms with Crippen molar-refractivity contribution < 1.29 is 17.9 Å². The largest absolute Gasteiger partial charge is 0.486 e. The van der Waals surface area contributed by atoms with E-state index in [2.05, 4.69) is 0 Å². The molecule has 0 amide bonds. The summed E-state index contributed by atoms with van der Waals surface area (Å²) in [5.74, 6) is 0.439. The Kier molecular flexibility index (Phi) is 4.32. The summed E-state index contributed by atoms with van der Waals surface area (Å²) in [6.45, 7) is 1.97. The summed E-state index contributed by atoms with van der Waals surface area (Å²) in [6.07, 6.45) is -3.74. The maximum Gasteiger partial charge on any atom is 0.416 e. The van der Waals surface area contributed by atoms with Gasteiger partial charge in [0.05, 0.1) is 5.56 Å². The zero-order chi connectivity index (χ0) is 14.6. The van der Waals surface area contributed by atoms with Crippen molar-refractivity contribution in [3.8, 4) is 5.75 Å². The second-order valence-corrected chi connectivity index (χ2v) is 4.45. The molecule has 0 aromatic heterocycles. The summed E-state index contributed by atoms with van der Waals surface area (Å²) < 4.78 is 43.2. The van der Waals surface area contributed by atoms with Crippen LogP contribution in [-0.4, -0.2) is 0 Å². The van der Waals surface area contributed by atoms with Gasteiger partial charge in [-0.1, -0.05) is 37.3 Å². The number of benzene rings is 2. The number of ether oxygens (including phenoxy) is 1. The molecule has 0 aliphatic rings. The lowest BCUT2D eigenvalue weighted by Crippen LogP contribution is -2.07. The van der Waals surface area contributed by atoms with E-state index in [-0.39, 0.29) is 6.10 Å². The molecule has 0 bridgehead atoms. The Morgan fingerprint density at radius 2 is 1.55 bits per heavy atom. The van der Waals surface area contributed by atoms with Gasteiger partial charge in [0.15, 0.2) is 0 Å². The highest BCUT2D eigenvalue weighted by Crippen LogP contribution is 2.31. The van der Waals surface area contributed by atoms with E-state index in [1.165, 1.54) is 12.1 Å². The van der Waals surface area contributed by atoms with Crippen LogP contribution in [0.15, 0.2) is 54.6 Å². The molecule has 0 spiro atoms. The normalized spacial score (nSPS) is 13.0. The molecule has 0 aliphatic heterocycles. The molecule has 0 N–H and O–H groups in total. The Morgan fingerprint density at radius 1 is 0.950 bits per heavy atom. The van der Waals surface area contributed by atoms with Gasteiger partial charge in [-0.15, -0.1) is 0 Å². The predicted octanol–water partition coefficient (Wildman–Crippen LogP) is 5.24. The summed E-state index contributed by atoms with van der Waals surface area (Å²) in [5, 5.41) is 0. The van der Waals surface area contributed by atoms with Crippen LogP contribution in [0.3, 0.4) is 0 Å². The molecule has 0 radical (unpaired) electrons. The second kappa shape index (κ2) is 5.99. The van der Waals surface area contributed by atoms with Gasteiger partial charge >= 0.3 is 6.18 Å². The molecular weight excluding hydrogens is 265 g/mol. The van der Waals surface area contributed by atoms with Crippen molar-refractivity contribution in [2.45, 2.75) is 25.6 Å². The third kappa shape index (κ3) is 3.53. The van der Waals surface area contributed by atoms with Crippen LogP contribution in [0.5, 0.6) is 5.75 Å². The topological polar surface area (TPSA) is 9.23 Å². The van der Waals surface area contributed by atoms with Crippen molar-refractivity contribution in [2.75, 3.05) is 0 Å². The summed E-state index contributed by atoms with van der Waals surface area (Å²) in [6, 6.07) is 14.4. The molecular formula is C16H15F3O. The van der Waals surface area contributed by atoms with Crippen LogP contribution < -0.4 is 4.74 Å². The average Bonchev–Trinajstić information content (AvgIpc) is 2.45. The molecule has 2 rings (SSSR count). The maximum absolute atomic E-state index is 12.5. The van der Waals surface area contributed by atoms with Gasteiger partial charge in [0.1, 0.15) is 11.9 Å². The molecule has 1 atom stereocenters. The van der Waals surface area contributed by atoms with Gasteiger partial charge in [0.25, 0.3) is 0 Å². The fraction of sp³-hybridized carbons (Fsp3) is 0.250. The highest BCUT2D eigenvalue weighted by Gasteiger charge is 2.30. The van der Waals surface area contributed by atoms with Gasteiger partial charge in [0, 0.05) is 0 Å². The minimum atomic E-state index is -4.32. The fourth-order valence-electron chi connectivity index (χ4n) is 1.94. The van der Waals surface area contributed by atoms with Crippen molar-refractivity contribution in [1.29, 1.82) is 0 Å². The number of rotatable bonds is 4. The molecule has 0 saturated heterocycles. The van der Waals surface area contributed by atoms with Gasteiger partial charge in [0.2, 0.25) is 0 Å². The number of alkyl halides is 3. The van der Waals surface area contributed by atoms with E-state index in [1.54, 1.807) is 0 Å². The molecule has 0 heterocycles. The molecule has 106 valence electrons. The monoisotopic (exact) mass is 280 g/mol. The van der Waals surface area contributed by atoms with E-state index < -0.39 is 11.7 Å². The van der Waals surface area contributed by atoms with Crippen molar-refractivity contribution in [2.24, 2.45) is 0 Å². The zero-order valence-corrected chi connectivity index (χ0v) is 11.0. The van der Waals surface area contributed by atoms with E-state index in [1.807, 2.05) is 37.3 Å². The van der Waals surface area contributed by atoms with Crippen LogP contribution in [0.1, 0.15) is 30.6 Å². The van der Waals surface area contributed by atoms with Crippen molar-refractivity contribution in [3.05, 3.63) is 65.7 Å². The van der Waals surface area contributed by atoms with Gasteiger partial charge < -0.3 is 4.74 Å². The highest BCUT2D eigenvalue weighted by molar-refractivity contribution is 5.30. The second-order valence-electron chi connectivity index (χ2n) is 4.45. The van der Waals surface area contributed by atoms with E-state index in [0.29, 0.717) is 5.75 Å². The van der Waals surface area contributed by atoms with Crippen LogP contribution in [0, 0.1) is 0 Å². The van der Waals surface area contributed by atoms with Crippen LogP contribution >= 0.6 is 0 Å². The SMILES string of the molecule is CCC(Oc1ccc(C(F)(F)F)cc1)c1ccccc1. The summed E-state index contributed by atoms with van der Waals surface area (Å²) in [5.41, 5.74) is 0.340. The van der Waals surface area contributed by atoms with E-state index in [0.717, 1.165) is 24.1 Å². The van der Waals surface area contributed by atoms with E-state index in [9.17, 15) is 13.2 Å². The first-order valence-electron chi connectivity index (χ1n) is 6.39. The standard InChI is InChI=1S/C16H15F3O/c1-2-15(12-6-4-3-5-7-12)20-14-10-8-13(9-11-14)16(17,18)19/h3-11,15H,2H2,1H3. The molecule has 1 unspecified atom stereocenters. The molecule has 2 aromatic rings. The number of hydrogen-bond donors (Lipinski definition) is 0. The van der Waals surface area contributed by atoms with Crippen molar-refractivity contribution >= 4 is 0 Å². The van der Waals surface area contributed by atoms with Gasteiger partial charge in [-0.05, 0) is 36.2 Å². The lowest BCUT2D eigenvalue weighted by atomic mass is 10.1. The first-order valence-corrected chi connectivity index (χ1v) is 6.39. The van der Waals surface area contributed by atoms with Crippen molar-refractivity contribution in [1.82, 2.24) is 0 Å². The first-order chi connectivity index (χ1) is 9.50. The number of hydrogen-bond acceptors (Lipinski definition) is 1.